The highest BCUT2D eigenvalue weighted by Crippen LogP contribution is 2.11. The molecular weight excluding hydrogens is 270 g/mol. The van der Waals surface area contributed by atoms with E-state index in [0.717, 1.165) is 11.3 Å². The van der Waals surface area contributed by atoms with Crippen molar-refractivity contribution < 1.29 is 19.8 Å². The van der Waals surface area contributed by atoms with Crippen molar-refractivity contribution in [3.05, 3.63) is 70.7 Å². The van der Waals surface area contributed by atoms with E-state index in [0.29, 0.717) is 12.5 Å². The molecule has 0 amide bonds. The fraction of sp³-hybridized carbons (Fsp3) is 0.125. The van der Waals surface area contributed by atoms with E-state index in [2.05, 4.69) is 4.98 Å². The second kappa shape index (κ2) is 6.09. The van der Waals surface area contributed by atoms with Crippen LogP contribution in [0.2, 0.25) is 0 Å². The fourth-order valence-electron chi connectivity index (χ4n) is 1.88. The van der Waals surface area contributed by atoms with Crippen LogP contribution in [0.4, 0.5) is 0 Å². The van der Waals surface area contributed by atoms with E-state index >= 15 is 0 Å². The van der Waals surface area contributed by atoms with Gasteiger partial charge in [-0.1, -0.05) is 29.8 Å². The number of carboxylic acids is 1. The van der Waals surface area contributed by atoms with Gasteiger partial charge in [-0.3, -0.25) is 4.79 Å². The van der Waals surface area contributed by atoms with Gasteiger partial charge in [0, 0.05) is 18.2 Å². The summed E-state index contributed by atoms with van der Waals surface area (Å²) in [6.07, 6.45) is 1.33. The zero-order chi connectivity index (χ0) is 15.4. The van der Waals surface area contributed by atoms with Gasteiger partial charge in [-0.25, -0.2) is 4.79 Å². The van der Waals surface area contributed by atoms with Crippen molar-refractivity contribution in [3.8, 4) is 0 Å². The highest BCUT2D eigenvalue weighted by molar-refractivity contribution is 6.06. The number of carbonyl (C=O) groups excluding carboxylic acids is 1. The first-order chi connectivity index (χ1) is 9.95. The zero-order valence-corrected chi connectivity index (χ0v) is 11.5. The molecule has 0 fully saturated rings. The maximum atomic E-state index is 11.7. The summed E-state index contributed by atoms with van der Waals surface area (Å²) in [5, 5.41) is 17.6. The number of aryl methyl sites for hydroxylation is 1. The Morgan fingerprint density at radius 3 is 2.38 bits per heavy atom. The number of aliphatic hydroxyl groups excluding tert-OH is 1. The molecule has 0 saturated carbocycles. The molecule has 3 N–H and O–H groups in total. The number of aliphatic hydroxyl groups is 1. The van der Waals surface area contributed by atoms with Gasteiger partial charge in [0.15, 0.2) is 0 Å². The van der Waals surface area contributed by atoms with Crippen molar-refractivity contribution >= 4 is 11.8 Å². The second-order valence-corrected chi connectivity index (χ2v) is 4.76. The molecule has 0 unspecified atom stereocenters. The highest BCUT2D eigenvalue weighted by Gasteiger charge is 2.11. The molecule has 1 aromatic heterocycles. The molecule has 0 atom stereocenters. The number of nitrogens with one attached hydrogen (secondary N) is 1. The lowest BCUT2D eigenvalue weighted by atomic mass is 10.1. The van der Waals surface area contributed by atoms with Crippen LogP contribution in [0.3, 0.4) is 0 Å². The quantitative estimate of drug-likeness (QED) is 0.447. The van der Waals surface area contributed by atoms with Gasteiger partial charge in [0.2, 0.25) is 11.5 Å². The average Bonchev–Trinajstić information content (AvgIpc) is 2.90. The van der Waals surface area contributed by atoms with Gasteiger partial charge in [0.1, 0.15) is 0 Å². The van der Waals surface area contributed by atoms with Gasteiger partial charge in [0.05, 0.1) is 5.69 Å². The summed E-state index contributed by atoms with van der Waals surface area (Å²) in [5.41, 5.74) is 3.36. The lowest BCUT2D eigenvalue weighted by Gasteiger charge is -2.00. The Labute approximate surface area is 121 Å². The van der Waals surface area contributed by atoms with Gasteiger partial charge < -0.3 is 15.2 Å². The molecule has 0 aliphatic heterocycles. The first-order valence-corrected chi connectivity index (χ1v) is 6.37. The molecule has 0 aliphatic rings. The van der Waals surface area contributed by atoms with Crippen molar-refractivity contribution in [2.75, 3.05) is 0 Å². The Morgan fingerprint density at radius 2 is 1.76 bits per heavy atom. The molecule has 5 nitrogen and oxygen atoms in total. The number of hydrogen-bond acceptors (Lipinski definition) is 3. The minimum atomic E-state index is -1.53. The van der Waals surface area contributed by atoms with Crippen LogP contribution < -0.4 is 0 Å². The Hall–Kier alpha value is -2.82. The van der Waals surface area contributed by atoms with Crippen LogP contribution in [-0.2, 0) is 11.2 Å². The van der Waals surface area contributed by atoms with E-state index in [1.807, 2.05) is 31.2 Å². The number of aliphatic carboxylic acids is 1. The molecular formula is C16H15NO4. The van der Waals surface area contributed by atoms with E-state index in [9.17, 15) is 9.59 Å². The molecule has 2 aromatic rings. The van der Waals surface area contributed by atoms with E-state index < -0.39 is 17.5 Å². The predicted octanol–water partition coefficient (Wildman–Crippen LogP) is 2.62. The average molecular weight is 285 g/mol. The maximum absolute atomic E-state index is 11.7. The summed E-state index contributed by atoms with van der Waals surface area (Å²) < 4.78 is 0. The topological polar surface area (TPSA) is 90.4 Å². The number of allylic oxidation sites excluding steroid dienone is 1. The Kier molecular flexibility index (Phi) is 4.23. The third-order valence-electron chi connectivity index (χ3n) is 3.01. The van der Waals surface area contributed by atoms with Crippen molar-refractivity contribution in [1.29, 1.82) is 0 Å². The number of benzene rings is 1. The van der Waals surface area contributed by atoms with Crippen LogP contribution in [0.15, 0.2) is 48.2 Å². The third-order valence-corrected chi connectivity index (χ3v) is 3.01. The molecule has 0 aliphatic carbocycles. The molecule has 1 aromatic carbocycles. The zero-order valence-electron chi connectivity index (χ0n) is 11.5. The van der Waals surface area contributed by atoms with Gasteiger partial charge in [-0.05, 0) is 24.6 Å². The Balaban J connectivity index is 2.11. The molecule has 2 rings (SSSR count). The van der Waals surface area contributed by atoms with E-state index in [1.165, 1.54) is 5.56 Å². The van der Waals surface area contributed by atoms with Crippen LogP contribution in [0, 0.1) is 6.92 Å². The number of aromatic amines is 1. The molecule has 21 heavy (non-hydrogen) atoms. The monoisotopic (exact) mass is 285 g/mol. The first kappa shape index (κ1) is 14.6. The SMILES string of the molecule is Cc1ccc(Cc2ccc(C(=O)/C=C(\O)C(=O)O)[nH]2)cc1. The van der Waals surface area contributed by atoms with Crippen molar-refractivity contribution in [2.24, 2.45) is 0 Å². The summed E-state index contributed by atoms with van der Waals surface area (Å²) in [6, 6.07) is 11.4. The third kappa shape index (κ3) is 3.82. The van der Waals surface area contributed by atoms with Crippen molar-refractivity contribution in [3.63, 3.8) is 0 Å². The lowest BCUT2D eigenvalue weighted by molar-refractivity contribution is -0.135. The van der Waals surface area contributed by atoms with E-state index in [-0.39, 0.29) is 5.69 Å². The largest absolute Gasteiger partial charge is 0.502 e. The van der Waals surface area contributed by atoms with Gasteiger partial charge >= 0.3 is 5.97 Å². The molecule has 0 radical (unpaired) electrons. The number of rotatable bonds is 5. The Morgan fingerprint density at radius 1 is 1.10 bits per heavy atom. The van der Waals surface area contributed by atoms with Crippen LogP contribution in [-0.4, -0.2) is 26.9 Å². The number of aromatic nitrogens is 1. The minimum absolute atomic E-state index is 0.241. The van der Waals surface area contributed by atoms with Crippen molar-refractivity contribution in [2.45, 2.75) is 13.3 Å². The summed E-state index contributed by atoms with van der Waals surface area (Å²) in [6.45, 7) is 2.01. The van der Waals surface area contributed by atoms with Crippen LogP contribution >= 0.6 is 0 Å². The smallest absolute Gasteiger partial charge is 0.371 e. The molecule has 5 heteroatoms. The van der Waals surface area contributed by atoms with Crippen molar-refractivity contribution in [1.82, 2.24) is 4.98 Å². The number of carboxylic acid groups (broad SMARTS) is 1. The minimum Gasteiger partial charge on any atom is -0.502 e. The number of H-pyrrole nitrogens is 1. The number of hydrogen-bond donors (Lipinski definition) is 3. The Bertz CT molecular complexity index is 695. The van der Waals surface area contributed by atoms with Gasteiger partial charge in [0.25, 0.3) is 0 Å². The summed E-state index contributed by atoms with van der Waals surface area (Å²) in [4.78, 5) is 25.1. The van der Waals surface area contributed by atoms with Crippen LogP contribution in [0.1, 0.15) is 27.3 Å². The number of carbonyl (C=O) groups is 2. The lowest BCUT2D eigenvalue weighted by Crippen LogP contribution is -2.04. The van der Waals surface area contributed by atoms with Gasteiger partial charge in [-0.2, -0.15) is 0 Å². The molecule has 0 spiro atoms. The number of ketones is 1. The van der Waals surface area contributed by atoms with Gasteiger partial charge in [-0.15, -0.1) is 0 Å². The molecule has 0 saturated heterocycles. The first-order valence-electron chi connectivity index (χ1n) is 6.37. The van der Waals surface area contributed by atoms with E-state index in [4.69, 9.17) is 10.2 Å². The maximum Gasteiger partial charge on any atom is 0.371 e. The second-order valence-electron chi connectivity index (χ2n) is 4.76. The molecule has 1 heterocycles. The summed E-state index contributed by atoms with van der Waals surface area (Å²) in [7, 11) is 0. The standard InChI is InChI=1S/C16H15NO4/c1-10-2-4-11(5-3-10)8-12-6-7-13(17-12)14(18)9-15(19)16(20)21/h2-7,9,17,19H,8H2,1H3,(H,20,21)/b15-9-. The molecule has 0 bridgehead atoms. The van der Waals surface area contributed by atoms with Crippen LogP contribution in [0.5, 0.6) is 0 Å². The highest BCUT2D eigenvalue weighted by atomic mass is 16.4. The summed E-state index contributed by atoms with van der Waals surface area (Å²) >= 11 is 0. The van der Waals surface area contributed by atoms with E-state index in [1.54, 1.807) is 12.1 Å². The van der Waals surface area contributed by atoms with Crippen LogP contribution in [0.25, 0.3) is 0 Å². The normalized spacial score (nSPS) is 11.4. The summed E-state index contributed by atoms with van der Waals surface area (Å²) in [5.74, 6) is -3.09. The molecule has 108 valence electrons. The fourth-order valence-corrected chi connectivity index (χ4v) is 1.88. The predicted molar refractivity (Wildman–Crippen MR) is 77.5 cm³/mol.